The average molecular weight is 255 g/mol. The van der Waals surface area contributed by atoms with Gasteiger partial charge < -0.3 is 10.5 Å². The summed E-state index contributed by atoms with van der Waals surface area (Å²) in [5.41, 5.74) is 5.74. The largest absolute Gasteiger partial charge is 0.377 e. The second-order valence-electron chi connectivity index (χ2n) is 5.74. The number of piperazine rings is 1. The predicted octanol–water partition coefficient (Wildman–Crippen LogP) is 0.909. The third-order valence-corrected chi connectivity index (χ3v) is 4.47. The third-order valence-electron chi connectivity index (χ3n) is 4.47. The number of fused-ring (bicyclic) bond motifs is 1. The molecule has 0 amide bonds. The van der Waals surface area contributed by atoms with Gasteiger partial charge in [0.25, 0.3) is 0 Å². The average Bonchev–Trinajstić information content (AvgIpc) is 2.81. The summed E-state index contributed by atoms with van der Waals surface area (Å²) in [4.78, 5) is 5.30. The van der Waals surface area contributed by atoms with Crippen LogP contribution < -0.4 is 5.73 Å². The molecule has 0 aromatic carbocycles. The molecule has 3 unspecified atom stereocenters. The maximum atomic E-state index is 5.74. The molecule has 2 N–H and O–H groups in total. The van der Waals surface area contributed by atoms with Gasteiger partial charge in [0.2, 0.25) is 0 Å². The Kier molecular flexibility index (Phi) is 5.42. The van der Waals surface area contributed by atoms with Crippen LogP contribution in [0.4, 0.5) is 0 Å². The monoisotopic (exact) mass is 255 g/mol. The molecular formula is C14H29N3O. The van der Waals surface area contributed by atoms with Crippen molar-refractivity contribution in [1.82, 2.24) is 9.80 Å². The Labute approximate surface area is 111 Å². The molecule has 2 aliphatic rings. The van der Waals surface area contributed by atoms with E-state index in [9.17, 15) is 0 Å². The molecule has 0 aromatic rings. The molecule has 0 saturated carbocycles. The topological polar surface area (TPSA) is 41.7 Å². The lowest BCUT2D eigenvalue weighted by Gasteiger charge is -2.42. The van der Waals surface area contributed by atoms with E-state index < -0.39 is 0 Å². The summed E-state index contributed by atoms with van der Waals surface area (Å²) >= 11 is 0. The zero-order valence-electron chi connectivity index (χ0n) is 12.0. The van der Waals surface area contributed by atoms with Gasteiger partial charge in [-0.2, -0.15) is 0 Å². The molecule has 0 aromatic heterocycles. The number of nitrogens with two attached hydrogens (primary N) is 1. The highest BCUT2D eigenvalue weighted by Gasteiger charge is 2.34. The van der Waals surface area contributed by atoms with Crippen LogP contribution in [-0.4, -0.2) is 67.3 Å². The van der Waals surface area contributed by atoms with Crippen molar-refractivity contribution in [2.24, 2.45) is 5.73 Å². The molecule has 0 aliphatic carbocycles. The van der Waals surface area contributed by atoms with Crippen LogP contribution in [0.2, 0.25) is 0 Å². The summed E-state index contributed by atoms with van der Waals surface area (Å²) in [6.07, 6.45) is 4.08. The van der Waals surface area contributed by atoms with Gasteiger partial charge in [-0.15, -0.1) is 0 Å². The minimum Gasteiger partial charge on any atom is -0.377 e. The summed E-state index contributed by atoms with van der Waals surface area (Å²) < 4.78 is 5.64. The smallest absolute Gasteiger partial charge is 0.0709 e. The van der Waals surface area contributed by atoms with Gasteiger partial charge in [-0.3, -0.25) is 9.80 Å². The van der Waals surface area contributed by atoms with E-state index in [2.05, 4.69) is 16.7 Å². The molecule has 2 heterocycles. The summed E-state index contributed by atoms with van der Waals surface area (Å²) in [7, 11) is 0. The summed E-state index contributed by atoms with van der Waals surface area (Å²) in [5.74, 6) is 0. The molecule has 4 heteroatoms. The minimum atomic E-state index is 0.240. The van der Waals surface area contributed by atoms with Crippen LogP contribution in [0.25, 0.3) is 0 Å². The van der Waals surface area contributed by atoms with Crippen LogP contribution in [0.3, 0.4) is 0 Å². The first kappa shape index (κ1) is 14.3. The van der Waals surface area contributed by atoms with Crippen molar-refractivity contribution in [2.45, 2.75) is 51.3 Å². The fourth-order valence-corrected chi connectivity index (χ4v) is 3.37. The van der Waals surface area contributed by atoms with Gasteiger partial charge in [0.15, 0.2) is 0 Å². The molecule has 2 fully saturated rings. The third kappa shape index (κ3) is 3.44. The van der Waals surface area contributed by atoms with Crippen LogP contribution in [0.5, 0.6) is 0 Å². The molecule has 2 saturated heterocycles. The normalized spacial score (nSPS) is 31.5. The van der Waals surface area contributed by atoms with Crippen molar-refractivity contribution in [3.63, 3.8) is 0 Å². The lowest BCUT2D eigenvalue weighted by atomic mass is 10.1. The molecule has 106 valence electrons. The highest BCUT2D eigenvalue weighted by atomic mass is 16.5. The summed E-state index contributed by atoms with van der Waals surface area (Å²) in [6.45, 7) is 10.7. The molecule has 0 bridgehead atoms. The van der Waals surface area contributed by atoms with Crippen molar-refractivity contribution in [1.29, 1.82) is 0 Å². The molecule has 0 radical (unpaired) electrons. The van der Waals surface area contributed by atoms with E-state index >= 15 is 0 Å². The van der Waals surface area contributed by atoms with Crippen molar-refractivity contribution in [3.05, 3.63) is 0 Å². The van der Waals surface area contributed by atoms with E-state index in [1.54, 1.807) is 0 Å². The van der Waals surface area contributed by atoms with Crippen molar-refractivity contribution >= 4 is 0 Å². The molecule has 18 heavy (non-hydrogen) atoms. The predicted molar refractivity (Wildman–Crippen MR) is 74.7 cm³/mol. The van der Waals surface area contributed by atoms with Gasteiger partial charge in [0.1, 0.15) is 0 Å². The van der Waals surface area contributed by atoms with Gasteiger partial charge >= 0.3 is 0 Å². The molecular weight excluding hydrogens is 226 g/mol. The molecule has 3 atom stereocenters. The van der Waals surface area contributed by atoms with E-state index in [0.29, 0.717) is 12.6 Å². The van der Waals surface area contributed by atoms with Crippen molar-refractivity contribution < 1.29 is 4.74 Å². The minimum absolute atomic E-state index is 0.240. The van der Waals surface area contributed by atoms with Crippen LogP contribution in [0.15, 0.2) is 0 Å². The summed E-state index contributed by atoms with van der Waals surface area (Å²) in [6, 6.07) is 1.49. The van der Waals surface area contributed by atoms with Crippen LogP contribution >= 0.6 is 0 Å². The van der Waals surface area contributed by atoms with Crippen LogP contribution in [0, 0.1) is 0 Å². The Bertz CT molecular complexity index is 249. The highest BCUT2D eigenvalue weighted by molar-refractivity contribution is 4.90. The van der Waals surface area contributed by atoms with Crippen molar-refractivity contribution in [2.75, 3.05) is 39.3 Å². The quantitative estimate of drug-likeness (QED) is 0.766. The Hall–Kier alpha value is -0.160. The number of hydrogen-bond acceptors (Lipinski definition) is 4. The lowest BCUT2D eigenvalue weighted by molar-refractivity contribution is 0.0253. The summed E-state index contributed by atoms with van der Waals surface area (Å²) in [5, 5.41) is 0. The van der Waals surface area contributed by atoms with Crippen LogP contribution in [0.1, 0.15) is 33.1 Å². The van der Waals surface area contributed by atoms with Gasteiger partial charge in [-0.1, -0.05) is 0 Å². The van der Waals surface area contributed by atoms with E-state index in [1.807, 2.05) is 6.92 Å². The molecule has 2 rings (SSSR count). The number of ether oxygens (including phenoxy) is 1. The zero-order valence-corrected chi connectivity index (χ0v) is 12.0. The van der Waals surface area contributed by atoms with Gasteiger partial charge in [-0.05, 0) is 39.7 Å². The SMILES string of the molecule is CCOC(CN)CCN1CC2CCCN2CC1C. The molecule has 2 aliphatic heterocycles. The fourth-order valence-electron chi connectivity index (χ4n) is 3.37. The van der Waals surface area contributed by atoms with E-state index in [0.717, 1.165) is 25.6 Å². The lowest BCUT2D eigenvalue weighted by Crippen LogP contribution is -2.55. The molecule has 0 spiro atoms. The molecule has 4 nitrogen and oxygen atoms in total. The Morgan fingerprint density at radius 1 is 1.39 bits per heavy atom. The first-order valence-corrected chi connectivity index (χ1v) is 7.54. The zero-order chi connectivity index (χ0) is 13.0. The first-order valence-electron chi connectivity index (χ1n) is 7.54. The second kappa shape index (κ2) is 6.85. The van der Waals surface area contributed by atoms with Gasteiger partial charge in [0.05, 0.1) is 6.10 Å². The Morgan fingerprint density at radius 3 is 2.94 bits per heavy atom. The van der Waals surface area contributed by atoms with E-state index in [1.165, 1.54) is 32.5 Å². The first-order chi connectivity index (χ1) is 8.74. The standard InChI is InChI=1S/C14H29N3O/c1-3-18-14(9-15)6-8-16-11-13-5-4-7-17(13)10-12(16)2/h12-14H,3-11,15H2,1-2H3. The Balaban J connectivity index is 1.77. The van der Waals surface area contributed by atoms with Gasteiger partial charge in [0, 0.05) is 44.9 Å². The van der Waals surface area contributed by atoms with E-state index in [-0.39, 0.29) is 6.10 Å². The van der Waals surface area contributed by atoms with Crippen LogP contribution in [-0.2, 0) is 4.74 Å². The Morgan fingerprint density at radius 2 is 2.22 bits per heavy atom. The van der Waals surface area contributed by atoms with Crippen molar-refractivity contribution in [3.8, 4) is 0 Å². The maximum absolute atomic E-state index is 5.74. The number of nitrogens with zero attached hydrogens (tertiary/aromatic N) is 2. The van der Waals surface area contributed by atoms with Gasteiger partial charge in [-0.25, -0.2) is 0 Å². The number of hydrogen-bond donors (Lipinski definition) is 1. The maximum Gasteiger partial charge on any atom is 0.0709 e. The number of rotatable bonds is 6. The van der Waals surface area contributed by atoms with E-state index in [4.69, 9.17) is 10.5 Å². The highest BCUT2D eigenvalue weighted by Crippen LogP contribution is 2.24. The fraction of sp³-hybridized carbons (Fsp3) is 1.00. The second-order valence-corrected chi connectivity index (χ2v) is 5.74.